The molecule has 0 aromatic carbocycles. The molecule has 1 heteroatoms. The Balaban J connectivity index is 3.56. The maximum Gasteiger partial charge on any atom is 0.00103 e. The van der Waals surface area contributed by atoms with Gasteiger partial charge in [0.25, 0.3) is 0 Å². The number of unbranched alkanes of at least 4 members (excludes halogenated alkanes) is 3. The zero-order valence-corrected chi connectivity index (χ0v) is 12.9. The molecule has 0 saturated carbocycles. The maximum atomic E-state index is 3.50. The van der Waals surface area contributed by atoms with Crippen LogP contribution in [0.1, 0.15) is 79.6 Å². The van der Waals surface area contributed by atoms with Crippen molar-refractivity contribution in [1.29, 1.82) is 0 Å². The van der Waals surface area contributed by atoms with E-state index in [9.17, 15) is 0 Å². The van der Waals surface area contributed by atoms with E-state index in [1.54, 1.807) is 0 Å². The molecule has 0 radical (unpaired) electrons. The summed E-state index contributed by atoms with van der Waals surface area (Å²) in [5.41, 5.74) is 0. The predicted molar refractivity (Wildman–Crippen MR) is 79.5 cm³/mol. The molecule has 1 nitrogen and oxygen atoms in total. The largest absolute Gasteiger partial charge is 0.315 e. The van der Waals surface area contributed by atoms with Gasteiger partial charge in [-0.25, -0.2) is 0 Å². The molecule has 0 aromatic heterocycles. The van der Waals surface area contributed by atoms with Gasteiger partial charge in [0.05, 0.1) is 0 Å². The quantitative estimate of drug-likeness (QED) is 0.502. The van der Waals surface area contributed by atoms with E-state index in [1.165, 1.54) is 51.5 Å². The van der Waals surface area contributed by atoms with Crippen LogP contribution in [0.4, 0.5) is 0 Å². The molecule has 1 N–H and O–H groups in total. The van der Waals surface area contributed by atoms with E-state index in [-0.39, 0.29) is 0 Å². The molecule has 0 aliphatic rings. The second kappa shape index (κ2) is 11.1. The summed E-state index contributed by atoms with van der Waals surface area (Å²) in [6.45, 7) is 12.7. The first-order chi connectivity index (χ1) is 8.07. The van der Waals surface area contributed by atoms with Gasteiger partial charge in [-0.15, -0.1) is 0 Å². The van der Waals surface area contributed by atoms with Crippen LogP contribution >= 0.6 is 0 Å². The van der Waals surface area contributed by atoms with E-state index >= 15 is 0 Å². The summed E-state index contributed by atoms with van der Waals surface area (Å²) < 4.78 is 0. The van der Waals surface area contributed by atoms with Crippen LogP contribution in [0.3, 0.4) is 0 Å². The highest BCUT2D eigenvalue weighted by Gasteiger charge is 2.12. The van der Waals surface area contributed by atoms with E-state index < -0.39 is 0 Å². The molecule has 1 unspecified atom stereocenters. The maximum absolute atomic E-state index is 3.50. The van der Waals surface area contributed by atoms with Crippen molar-refractivity contribution in [3.8, 4) is 0 Å². The van der Waals surface area contributed by atoms with Crippen LogP contribution in [0.15, 0.2) is 0 Å². The Labute approximate surface area is 110 Å². The van der Waals surface area contributed by atoms with E-state index in [0.29, 0.717) is 6.04 Å². The first-order valence-corrected chi connectivity index (χ1v) is 7.81. The molecule has 0 fully saturated rings. The van der Waals surface area contributed by atoms with E-state index in [4.69, 9.17) is 0 Å². The van der Waals surface area contributed by atoms with Crippen LogP contribution in [-0.2, 0) is 0 Å². The van der Waals surface area contributed by atoms with Crippen molar-refractivity contribution >= 4 is 0 Å². The third kappa shape index (κ3) is 10.8. The minimum absolute atomic E-state index is 0.639. The van der Waals surface area contributed by atoms with Crippen LogP contribution < -0.4 is 5.32 Å². The Kier molecular flexibility index (Phi) is 11.0. The lowest BCUT2D eigenvalue weighted by molar-refractivity contribution is 0.314. The summed E-state index contributed by atoms with van der Waals surface area (Å²) in [4.78, 5) is 0. The molecular formula is C16H35N. The van der Waals surface area contributed by atoms with Crippen molar-refractivity contribution in [2.75, 3.05) is 6.54 Å². The summed E-state index contributed by atoms with van der Waals surface area (Å²) >= 11 is 0. The Hall–Kier alpha value is -0.0400. The van der Waals surface area contributed by atoms with Crippen molar-refractivity contribution in [2.24, 2.45) is 11.8 Å². The van der Waals surface area contributed by atoms with Gasteiger partial charge >= 0.3 is 0 Å². The van der Waals surface area contributed by atoms with E-state index in [0.717, 1.165) is 11.8 Å². The van der Waals surface area contributed by atoms with Gasteiger partial charge < -0.3 is 5.32 Å². The van der Waals surface area contributed by atoms with Crippen molar-refractivity contribution in [3.05, 3.63) is 0 Å². The molecule has 17 heavy (non-hydrogen) atoms. The summed E-state index contributed by atoms with van der Waals surface area (Å²) in [6, 6.07) is 0.639. The molecule has 104 valence electrons. The lowest BCUT2D eigenvalue weighted by Crippen LogP contribution is -2.23. The van der Waals surface area contributed by atoms with E-state index in [1.807, 2.05) is 0 Å². The summed E-state index contributed by atoms with van der Waals surface area (Å²) in [5.74, 6) is 1.82. The normalized spacial score (nSPS) is 13.6. The average molecular weight is 241 g/mol. The van der Waals surface area contributed by atoms with Gasteiger partial charge in [-0.2, -0.15) is 0 Å². The molecule has 0 aromatic rings. The smallest absolute Gasteiger partial charge is 0.00103 e. The summed E-state index contributed by atoms with van der Waals surface area (Å²) in [5, 5.41) is 3.50. The third-order valence-electron chi connectivity index (χ3n) is 3.68. The van der Waals surface area contributed by atoms with Gasteiger partial charge in [-0.05, 0) is 24.8 Å². The molecule has 0 bridgehead atoms. The number of hydrogen-bond acceptors (Lipinski definition) is 1. The molecule has 0 saturated heterocycles. The molecule has 0 spiro atoms. The number of hydrogen-bond donors (Lipinski definition) is 1. The van der Waals surface area contributed by atoms with Gasteiger partial charge in [-0.1, -0.05) is 73.1 Å². The highest BCUT2D eigenvalue weighted by Crippen LogP contribution is 2.24. The lowest BCUT2D eigenvalue weighted by Gasteiger charge is -2.21. The number of nitrogens with one attached hydrogen (secondary N) is 1. The van der Waals surface area contributed by atoms with Crippen molar-refractivity contribution < 1.29 is 0 Å². The van der Waals surface area contributed by atoms with Crippen molar-refractivity contribution in [3.63, 3.8) is 0 Å². The first kappa shape index (κ1) is 17.0. The average Bonchev–Trinajstić information content (AvgIpc) is 2.25. The molecule has 0 heterocycles. The molecule has 0 rings (SSSR count). The fraction of sp³-hybridized carbons (Fsp3) is 1.00. The van der Waals surface area contributed by atoms with Gasteiger partial charge in [0.1, 0.15) is 0 Å². The topological polar surface area (TPSA) is 12.0 Å². The molecule has 0 aliphatic carbocycles. The monoisotopic (exact) mass is 241 g/mol. The highest BCUT2D eigenvalue weighted by atomic mass is 14.9. The molecule has 0 aliphatic heterocycles. The molecule has 0 amide bonds. The van der Waals surface area contributed by atoms with Gasteiger partial charge in [-0.3, -0.25) is 0 Å². The zero-order valence-electron chi connectivity index (χ0n) is 12.9. The second-order valence-electron chi connectivity index (χ2n) is 6.10. The Morgan fingerprint density at radius 2 is 1.41 bits per heavy atom. The third-order valence-corrected chi connectivity index (χ3v) is 3.68. The Morgan fingerprint density at radius 1 is 0.824 bits per heavy atom. The molecular weight excluding hydrogens is 206 g/mol. The van der Waals surface area contributed by atoms with Crippen LogP contribution in [0.2, 0.25) is 0 Å². The SMILES string of the molecule is CCCCCC(CCCCNC(C)C)C(C)C. The van der Waals surface area contributed by atoms with Crippen molar-refractivity contribution in [1.82, 2.24) is 5.32 Å². The standard InChI is InChI=1S/C16H35N/c1-6-7-8-11-16(14(2)3)12-9-10-13-17-15(4)5/h14-17H,6-13H2,1-5H3. The summed E-state index contributed by atoms with van der Waals surface area (Å²) in [6.07, 6.45) is 9.82. The fourth-order valence-electron chi connectivity index (χ4n) is 2.39. The van der Waals surface area contributed by atoms with Crippen LogP contribution in [0, 0.1) is 11.8 Å². The Bertz CT molecular complexity index is 152. The minimum Gasteiger partial charge on any atom is -0.315 e. The van der Waals surface area contributed by atoms with Crippen LogP contribution in [0.25, 0.3) is 0 Å². The number of rotatable bonds is 11. The zero-order chi connectivity index (χ0) is 13.1. The van der Waals surface area contributed by atoms with Crippen LogP contribution in [-0.4, -0.2) is 12.6 Å². The van der Waals surface area contributed by atoms with Crippen molar-refractivity contribution in [2.45, 2.75) is 85.6 Å². The van der Waals surface area contributed by atoms with Gasteiger partial charge in [0.15, 0.2) is 0 Å². The van der Waals surface area contributed by atoms with Crippen LogP contribution in [0.5, 0.6) is 0 Å². The first-order valence-electron chi connectivity index (χ1n) is 7.81. The summed E-state index contributed by atoms with van der Waals surface area (Å²) in [7, 11) is 0. The van der Waals surface area contributed by atoms with Gasteiger partial charge in [0, 0.05) is 6.04 Å². The minimum atomic E-state index is 0.639. The predicted octanol–water partition coefficient (Wildman–Crippen LogP) is 5.01. The lowest BCUT2D eigenvalue weighted by atomic mass is 9.86. The Morgan fingerprint density at radius 3 is 1.88 bits per heavy atom. The highest BCUT2D eigenvalue weighted by molar-refractivity contribution is 4.64. The second-order valence-corrected chi connectivity index (χ2v) is 6.10. The fourth-order valence-corrected chi connectivity index (χ4v) is 2.39. The van der Waals surface area contributed by atoms with Gasteiger partial charge in [0.2, 0.25) is 0 Å². The van der Waals surface area contributed by atoms with E-state index in [2.05, 4.69) is 39.9 Å². The molecule has 1 atom stereocenters.